The quantitative estimate of drug-likeness (QED) is 0.469. The van der Waals surface area contributed by atoms with E-state index in [1.807, 2.05) is 5.31 Å². The van der Waals surface area contributed by atoms with E-state index in [1.54, 1.807) is 5.57 Å². The summed E-state index contributed by atoms with van der Waals surface area (Å²) < 4.78 is 0. The molecular formula is C19H36P2. The van der Waals surface area contributed by atoms with Crippen molar-refractivity contribution in [3.05, 3.63) is 23.0 Å². The van der Waals surface area contributed by atoms with Crippen LogP contribution in [0.15, 0.2) is 23.0 Å². The molecule has 0 amide bonds. The van der Waals surface area contributed by atoms with E-state index in [9.17, 15) is 0 Å². The molecule has 0 bridgehead atoms. The van der Waals surface area contributed by atoms with Gasteiger partial charge in [0.05, 0.1) is 0 Å². The van der Waals surface area contributed by atoms with Crippen molar-refractivity contribution in [1.82, 2.24) is 0 Å². The van der Waals surface area contributed by atoms with Crippen molar-refractivity contribution in [3.63, 3.8) is 0 Å². The minimum Gasteiger partial charge on any atom is -0.0882 e. The molecule has 122 valence electrons. The summed E-state index contributed by atoms with van der Waals surface area (Å²) in [6.45, 7) is 21.9. The molecule has 0 saturated carbocycles. The fourth-order valence-corrected chi connectivity index (χ4v) is 11.3. The van der Waals surface area contributed by atoms with Crippen LogP contribution in [0.2, 0.25) is 0 Å². The second kappa shape index (κ2) is 7.27. The van der Waals surface area contributed by atoms with Crippen LogP contribution in [0.5, 0.6) is 0 Å². The zero-order valence-corrected chi connectivity index (χ0v) is 17.5. The average molecular weight is 326 g/mol. The molecule has 1 rings (SSSR count). The fraction of sp³-hybridized carbons (Fsp3) is 0.789. The molecule has 0 aromatic rings. The first kappa shape index (κ1) is 19.4. The van der Waals surface area contributed by atoms with Gasteiger partial charge in [-0.3, -0.25) is 0 Å². The fourth-order valence-electron chi connectivity index (χ4n) is 4.12. The van der Waals surface area contributed by atoms with Crippen LogP contribution in [0.1, 0.15) is 68.7 Å². The van der Waals surface area contributed by atoms with Crippen LogP contribution in [-0.4, -0.2) is 28.3 Å². The lowest BCUT2D eigenvalue weighted by molar-refractivity contribution is 0.695. The lowest BCUT2D eigenvalue weighted by atomic mass is 10.2. The molecule has 0 saturated heterocycles. The summed E-state index contributed by atoms with van der Waals surface area (Å²) in [6, 6.07) is 0. The van der Waals surface area contributed by atoms with Crippen LogP contribution < -0.4 is 0 Å². The molecule has 0 nitrogen and oxygen atoms in total. The lowest BCUT2D eigenvalue weighted by Crippen LogP contribution is -2.31. The first-order chi connectivity index (χ1) is 9.54. The van der Waals surface area contributed by atoms with E-state index in [2.05, 4.69) is 74.5 Å². The van der Waals surface area contributed by atoms with Crippen LogP contribution in [-0.2, 0) is 0 Å². The van der Waals surface area contributed by atoms with Gasteiger partial charge in [0.15, 0.2) is 0 Å². The molecule has 0 N–H and O–H groups in total. The first-order valence-electron chi connectivity index (χ1n) is 8.48. The van der Waals surface area contributed by atoms with Gasteiger partial charge in [0, 0.05) is 5.66 Å². The molecule has 0 spiro atoms. The van der Waals surface area contributed by atoms with Gasteiger partial charge in [0.2, 0.25) is 0 Å². The highest BCUT2D eigenvalue weighted by atomic mass is 31.1. The van der Waals surface area contributed by atoms with Gasteiger partial charge in [-0.2, -0.15) is 0 Å². The summed E-state index contributed by atoms with van der Waals surface area (Å²) in [5.41, 5.74) is 2.43. The molecule has 0 aromatic carbocycles. The highest BCUT2D eigenvalue weighted by Crippen LogP contribution is 2.65. The van der Waals surface area contributed by atoms with Crippen molar-refractivity contribution in [2.24, 2.45) is 0 Å². The third-order valence-corrected chi connectivity index (χ3v) is 11.0. The minimum atomic E-state index is -0.0751. The topological polar surface area (TPSA) is 0 Å². The van der Waals surface area contributed by atoms with E-state index in [-0.39, 0.29) is 15.8 Å². The molecule has 0 fully saturated rings. The van der Waals surface area contributed by atoms with Gasteiger partial charge in [-0.25, -0.2) is 0 Å². The Kier molecular flexibility index (Phi) is 6.72. The van der Waals surface area contributed by atoms with E-state index in [0.717, 1.165) is 5.66 Å². The molecule has 1 aliphatic carbocycles. The Balaban J connectivity index is 3.22. The van der Waals surface area contributed by atoms with Gasteiger partial charge >= 0.3 is 0 Å². The summed E-state index contributed by atoms with van der Waals surface area (Å²) in [5, 5.41) is 2.62. The normalized spacial score (nSPS) is 18.2. The molecule has 1 aliphatic rings. The Morgan fingerprint density at radius 3 is 1.86 bits per heavy atom. The molecule has 21 heavy (non-hydrogen) atoms. The summed E-state index contributed by atoms with van der Waals surface area (Å²) >= 11 is 0. The Morgan fingerprint density at radius 2 is 1.48 bits per heavy atom. The maximum atomic E-state index is 2.51. The molecule has 0 aliphatic heterocycles. The van der Waals surface area contributed by atoms with Crippen molar-refractivity contribution in [1.29, 1.82) is 0 Å². The molecule has 0 heterocycles. The van der Waals surface area contributed by atoms with Crippen molar-refractivity contribution in [2.75, 3.05) is 12.3 Å². The molecule has 0 aromatic heterocycles. The largest absolute Gasteiger partial charge is 0.0882 e. The van der Waals surface area contributed by atoms with E-state index < -0.39 is 0 Å². The van der Waals surface area contributed by atoms with Crippen LogP contribution in [0, 0.1) is 0 Å². The Hall–Kier alpha value is 0.340. The zero-order valence-electron chi connectivity index (χ0n) is 15.7. The third kappa shape index (κ3) is 4.65. The van der Waals surface area contributed by atoms with Crippen LogP contribution in [0.25, 0.3) is 0 Å². The second-order valence-corrected chi connectivity index (χ2v) is 15.2. The van der Waals surface area contributed by atoms with E-state index in [4.69, 9.17) is 0 Å². The van der Waals surface area contributed by atoms with Gasteiger partial charge in [0.25, 0.3) is 0 Å². The molecule has 1 atom stereocenters. The van der Waals surface area contributed by atoms with Crippen molar-refractivity contribution in [3.8, 4) is 0 Å². The number of hydrogen-bond donors (Lipinski definition) is 0. The number of allylic oxidation sites excluding steroid dienone is 4. The predicted octanol–water partition coefficient (Wildman–Crippen LogP) is 7.19. The van der Waals surface area contributed by atoms with E-state index >= 15 is 0 Å². The first-order valence-corrected chi connectivity index (χ1v) is 11.6. The Morgan fingerprint density at radius 1 is 1.00 bits per heavy atom. The maximum Gasteiger partial charge on any atom is 0.00259 e. The van der Waals surface area contributed by atoms with Crippen LogP contribution >= 0.6 is 15.8 Å². The summed E-state index contributed by atoms with van der Waals surface area (Å²) in [6.07, 6.45) is 8.81. The van der Waals surface area contributed by atoms with Gasteiger partial charge in [-0.05, 0) is 39.9 Å². The molecular weight excluding hydrogens is 290 g/mol. The van der Waals surface area contributed by atoms with E-state index in [1.165, 1.54) is 18.7 Å². The van der Waals surface area contributed by atoms with E-state index in [0.29, 0.717) is 10.3 Å². The number of hydrogen-bond acceptors (Lipinski definition) is 0. The number of rotatable bonds is 5. The molecule has 1 unspecified atom stereocenters. The Bertz CT molecular complexity index is 386. The van der Waals surface area contributed by atoms with Crippen molar-refractivity contribution >= 4 is 15.8 Å². The zero-order chi connectivity index (χ0) is 16.4. The minimum absolute atomic E-state index is 0.0751. The highest BCUT2D eigenvalue weighted by Gasteiger charge is 2.40. The second-order valence-electron chi connectivity index (χ2n) is 8.07. The summed E-state index contributed by atoms with van der Waals surface area (Å²) in [7, 11) is 0.0268. The third-order valence-electron chi connectivity index (χ3n) is 4.37. The van der Waals surface area contributed by atoms with Gasteiger partial charge < -0.3 is 0 Å². The maximum absolute atomic E-state index is 2.51. The summed E-state index contributed by atoms with van der Waals surface area (Å²) in [5.74, 6) is 0. The predicted molar refractivity (Wildman–Crippen MR) is 105 cm³/mol. The SMILES string of the molecule is CCP(CC)C1=C(C(C)P(C(C)(C)C)C(C)(C)C)C=CC1. The van der Waals surface area contributed by atoms with Gasteiger partial charge in [-0.1, -0.05) is 90.3 Å². The highest BCUT2D eigenvalue weighted by molar-refractivity contribution is 7.63. The smallest absolute Gasteiger partial charge is 0.00259 e. The molecule has 0 radical (unpaired) electrons. The summed E-state index contributed by atoms with van der Waals surface area (Å²) in [4.78, 5) is 0. The average Bonchev–Trinajstić information content (AvgIpc) is 2.75. The lowest BCUT2D eigenvalue weighted by Gasteiger charge is -2.46. The Labute approximate surface area is 136 Å². The standard InChI is InChI=1S/C19H36P2/c1-10-20(11-2)17-14-12-13-16(17)15(3)21(18(4,5)6)19(7,8)9/h12-13,15H,10-11,14H2,1-9H3. The van der Waals surface area contributed by atoms with Gasteiger partial charge in [-0.15, -0.1) is 0 Å². The van der Waals surface area contributed by atoms with Crippen molar-refractivity contribution in [2.45, 2.75) is 84.7 Å². The molecule has 2 heteroatoms. The van der Waals surface area contributed by atoms with Gasteiger partial charge in [0.1, 0.15) is 0 Å². The van der Waals surface area contributed by atoms with Crippen LogP contribution in [0.3, 0.4) is 0 Å². The van der Waals surface area contributed by atoms with Crippen molar-refractivity contribution < 1.29 is 0 Å². The van der Waals surface area contributed by atoms with Crippen LogP contribution in [0.4, 0.5) is 0 Å². The monoisotopic (exact) mass is 326 g/mol.